The Kier molecular flexibility index (Phi) is 9.78. The SMILES string of the molecule is CCCCCOc1ccc(-c2ccc(CNCCCP(=O)(O)O)nc2-c2ccc(F)cc2)cc1. The maximum absolute atomic E-state index is 13.5. The number of halogens is 1. The summed E-state index contributed by atoms with van der Waals surface area (Å²) in [5, 5.41) is 3.17. The van der Waals surface area contributed by atoms with Crippen LogP contribution in [-0.2, 0) is 11.1 Å². The summed E-state index contributed by atoms with van der Waals surface area (Å²) in [7, 11) is -3.98. The molecule has 0 unspecified atom stereocenters. The second-order valence-electron chi connectivity index (χ2n) is 8.20. The number of unbranched alkanes of at least 4 members (excludes halogenated alkanes) is 2. The summed E-state index contributed by atoms with van der Waals surface area (Å²) in [4.78, 5) is 22.8. The highest BCUT2D eigenvalue weighted by atomic mass is 31.2. The molecule has 6 nitrogen and oxygen atoms in total. The van der Waals surface area contributed by atoms with Gasteiger partial charge in [-0.3, -0.25) is 9.55 Å². The lowest BCUT2D eigenvalue weighted by Crippen LogP contribution is -2.16. The molecule has 0 radical (unpaired) electrons. The quantitative estimate of drug-likeness (QED) is 0.210. The predicted molar refractivity (Wildman–Crippen MR) is 133 cm³/mol. The van der Waals surface area contributed by atoms with Crippen LogP contribution in [0.3, 0.4) is 0 Å². The van der Waals surface area contributed by atoms with Crippen LogP contribution < -0.4 is 10.1 Å². The van der Waals surface area contributed by atoms with E-state index >= 15 is 0 Å². The van der Waals surface area contributed by atoms with E-state index in [1.807, 2.05) is 36.4 Å². The van der Waals surface area contributed by atoms with Crippen molar-refractivity contribution in [2.45, 2.75) is 39.2 Å². The molecule has 2 aromatic carbocycles. The van der Waals surface area contributed by atoms with Crippen LogP contribution in [0.4, 0.5) is 4.39 Å². The number of ether oxygens (including phenoxy) is 1. The molecule has 1 heterocycles. The summed E-state index contributed by atoms with van der Waals surface area (Å²) in [5.74, 6) is 0.519. The fourth-order valence-corrected chi connectivity index (χ4v) is 4.13. The fraction of sp³-hybridized carbons (Fsp3) is 0.346. The van der Waals surface area contributed by atoms with Gasteiger partial charge in [0.15, 0.2) is 0 Å². The monoisotopic (exact) mass is 486 g/mol. The first-order valence-electron chi connectivity index (χ1n) is 11.6. The van der Waals surface area contributed by atoms with E-state index in [0.29, 0.717) is 26.1 Å². The van der Waals surface area contributed by atoms with Crippen LogP contribution in [0.25, 0.3) is 22.4 Å². The molecule has 3 rings (SSSR count). The molecule has 182 valence electrons. The third kappa shape index (κ3) is 8.33. The summed E-state index contributed by atoms with van der Waals surface area (Å²) in [5.41, 5.74) is 4.24. The van der Waals surface area contributed by atoms with E-state index in [4.69, 9.17) is 19.5 Å². The molecule has 0 spiro atoms. The fourth-order valence-electron chi connectivity index (χ4n) is 3.56. The maximum atomic E-state index is 13.5. The Labute approximate surface area is 200 Å². The minimum atomic E-state index is -3.98. The summed E-state index contributed by atoms with van der Waals surface area (Å²) in [6.07, 6.45) is 3.56. The van der Waals surface area contributed by atoms with E-state index < -0.39 is 7.60 Å². The third-order valence-electron chi connectivity index (χ3n) is 5.36. The van der Waals surface area contributed by atoms with Crippen molar-refractivity contribution < 1.29 is 23.5 Å². The molecule has 0 saturated carbocycles. The molecule has 0 fully saturated rings. The van der Waals surface area contributed by atoms with Crippen LogP contribution >= 0.6 is 7.60 Å². The van der Waals surface area contributed by atoms with Gasteiger partial charge in [0.05, 0.1) is 24.2 Å². The van der Waals surface area contributed by atoms with Crippen LogP contribution in [0.5, 0.6) is 5.75 Å². The van der Waals surface area contributed by atoms with Crippen molar-refractivity contribution in [1.29, 1.82) is 0 Å². The Morgan fingerprint density at radius 3 is 2.32 bits per heavy atom. The number of hydrogen-bond donors (Lipinski definition) is 3. The van der Waals surface area contributed by atoms with Gasteiger partial charge < -0.3 is 19.8 Å². The van der Waals surface area contributed by atoms with Gasteiger partial charge in [-0.15, -0.1) is 0 Å². The van der Waals surface area contributed by atoms with E-state index in [1.165, 1.54) is 12.1 Å². The lowest BCUT2D eigenvalue weighted by molar-refractivity contribution is 0.306. The number of hydrogen-bond acceptors (Lipinski definition) is 4. The van der Waals surface area contributed by atoms with Crippen LogP contribution in [0.2, 0.25) is 0 Å². The molecular weight excluding hydrogens is 454 g/mol. The van der Waals surface area contributed by atoms with Crippen molar-refractivity contribution in [3.8, 4) is 28.1 Å². The molecule has 8 heteroatoms. The molecule has 34 heavy (non-hydrogen) atoms. The van der Waals surface area contributed by atoms with Gasteiger partial charge in [-0.25, -0.2) is 4.39 Å². The summed E-state index contributed by atoms with van der Waals surface area (Å²) in [6.45, 7) is 3.79. The zero-order valence-electron chi connectivity index (χ0n) is 19.4. The largest absolute Gasteiger partial charge is 0.494 e. The Bertz CT molecular complexity index is 1080. The number of aromatic nitrogens is 1. The minimum Gasteiger partial charge on any atom is -0.494 e. The van der Waals surface area contributed by atoms with Crippen molar-refractivity contribution >= 4 is 7.60 Å². The number of benzene rings is 2. The van der Waals surface area contributed by atoms with Gasteiger partial charge in [-0.1, -0.05) is 38.0 Å². The van der Waals surface area contributed by atoms with E-state index in [9.17, 15) is 8.96 Å². The van der Waals surface area contributed by atoms with Gasteiger partial charge in [-0.05, 0) is 67.4 Å². The van der Waals surface area contributed by atoms with E-state index in [1.54, 1.807) is 12.1 Å². The highest BCUT2D eigenvalue weighted by molar-refractivity contribution is 7.51. The minimum absolute atomic E-state index is 0.147. The maximum Gasteiger partial charge on any atom is 0.325 e. The molecular formula is C26H32FN2O4P. The molecule has 0 bridgehead atoms. The Morgan fingerprint density at radius 1 is 0.941 bits per heavy atom. The molecule has 3 N–H and O–H groups in total. The summed E-state index contributed by atoms with van der Waals surface area (Å²) < 4.78 is 30.3. The number of nitrogens with one attached hydrogen (secondary N) is 1. The lowest BCUT2D eigenvalue weighted by atomic mass is 9.98. The van der Waals surface area contributed by atoms with E-state index in [0.717, 1.165) is 53.1 Å². The number of nitrogens with zero attached hydrogens (tertiary/aromatic N) is 1. The Balaban J connectivity index is 1.77. The van der Waals surface area contributed by atoms with Crippen molar-refractivity contribution in [2.75, 3.05) is 19.3 Å². The molecule has 0 atom stereocenters. The Morgan fingerprint density at radius 2 is 1.65 bits per heavy atom. The number of pyridine rings is 1. The smallest absolute Gasteiger partial charge is 0.325 e. The molecule has 0 aliphatic rings. The van der Waals surface area contributed by atoms with Gasteiger partial charge in [0.1, 0.15) is 11.6 Å². The van der Waals surface area contributed by atoms with Crippen LogP contribution in [0.15, 0.2) is 60.7 Å². The standard InChI is InChI=1S/C26H32FN2O4P/c1-2-3-4-17-33-24-13-8-20(9-14-24)25-15-12-23(19-28-16-5-18-34(30,31)32)29-26(25)21-6-10-22(27)11-7-21/h6-15,28H,2-5,16-19H2,1H3,(H2,30,31,32). The third-order valence-corrected chi connectivity index (χ3v) is 6.26. The molecule has 3 aromatic rings. The van der Waals surface area contributed by atoms with E-state index in [2.05, 4.69) is 12.2 Å². The average molecular weight is 487 g/mol. The van der Waals surface area contributed by atoms with Crippen molar-refractivity contribution in [1.82, 2.24) is 10.3 Å². The van der Waals surface area contributed by atoms with E-state index in [-0.39, 0.29) is 12.0 Å². The van der Waals surface area contributed by atoms with Crippen molar-refractivity contribution in [2.24, 2.45) is 0 Å². The molecule has 1 aromatic heterocycles. The first-order chi connectivity index (χ1) is 16.4. The first-order valence-corrected chi connectivity index (χ1v) is 13.4. The molecule has 0 aliphatic heterocycles. The van der Waals surface area contributed by atoms with Gasteiger partial charge in [0, 0.05) is 17.7 Å². The topological polar surface area (TPSA) is 91.7 Å². The Hall–Kier alpha value is -2.57. The van der Waals surface area contributed by atoms with Gasteiger partial charge in [0.25, 0.3) is 0 Å². The second-order valence-corrected chi connectivity index (χ2v) is 9.98. The highest BCUT2D eigenvalue weighted by Crippen LogP contribution is 2.34. The van der Waals surface area contributed by atoms with Crippen LogP contribution in [0.1, 0.15) is 38.3 Å². The molecule has 0 amide bonds. The highest BCUT2D eigenvalue weighted by Gasteiger charge is 2.13. The zero-order valence-corrected chi connectivity index (χ0v) is 20.3. The van der Waals surface area contributed by atoms with Crippen molar-refractivity contribution in [3.05, 3.63) is 72.2 Å². The average Bonchev–Trinajstić information content (AvgIpc) is 2.82. The van der Waals surface area contributed by atoms with Crippen LogP contribution in [-0.4, -0.2) is 34.1 Å². The van der Waals surface area contributed by atoms with Crippen LogP contribution in [0, 0.1) is 5.82 Å². The van der Waals surface area contributed by atoms with Gasteiger partial charge in [-0.2, -0.15) is 0 Å². The predicted octanol–water partition coefficient (Wildman–Crippen LogP) is 5.78. The molecule has 0 aliphatic carbocycles. The summed E-state index contributed by atoms with van der Waals surface area (Å²) >= 11 is 0. The second kappa shape index (κ2) is 12.8. The van der Waals surface area contributed by atoms with Crippen molar-refractivity contribution in [3.63, 3.8) is 0 Å². The lowest BCUT2D eigenvalue weighted by Gasteiger charge is -2.13. The van der Waals surface area contributed by atoms with Gasteiger partial charge >= 0.3 is 7.60 Å². The first kappa shape index (κ1) is 26.0. The van der Waals surface area contributed by atoms with Gasteiger partial charge in [0.2, 0.25) is 0 Å². The summed E-state index contributed by atoms with van der Waals surface area (Å²) in [6, 6.07) is 18.1. The normalized spacial score (nSPS) is 11.5. The number of rotatable bonds is 13. The zero-order chi connectivity index (χ0) is 24.4. The molecule has 0 saturated heterocycles.